The van der Waals surface area contributed by atoms with Crippen molar-refractivity contribution in [2.75, 3.05) is 48.5 Å². The summed E-state index contributed by atoms with van der Waals surface area (Å²) in [5.41, 5.74) is 0.607. The van der Waals surface area contributed by atoms with Crippen molar-refractivity contribution < 1.29 is 18.8 Å². The van der Waals surface area contributed by atoms with Gasteiger partial charge in [0.25, 0.3) is 6.20 Å². The summed E-state index contributed by atoms with van der Waals surface area (Å²) in [7, 11) is 1.69. The first kappa shape index (κ1) is 18.0. The molecule has 8 heteroatoms. The minimum absolute atomic E-state index is 0.109. The molecule has 0 unspecified atom stereocenters. The van der Waals surface area contributed by atoms with E-state index in [9.17, 15) is 4.79 Å². The third-order valence-electron chi connectivity index (χ3n) is 4.35. The summed E-state index contributed by atoms with van der Waals surface area (Å²) in [5, 5.41) is 8.84. The van der Waals surface area contributed by atoms with Gasteiger partial charge in [-0.25, -0.2) is 0 Å². The van der Waals surface area contributed by atoms with Crippen LogP contribution in [0, 0.1) is 5.41 Å². The molecular weight excluding hydrogens is 334 g/mol. The minimum Gasteiger partial charge on any atom is -0.495 e. The normalized spacial score (nSPS) is 15.1. The number of methoxy groups -OCH3 is 1. The molecule has 1 aromatic heterocycles. The molecule has 0 radical (unpaired) electrons. The number of nitrogens with zero attached hydrogens (tertiary/aromatic N) is 4. The van der Waals surface area contributed by atoms with E-state index in [-0.39, 0.29) is 5.91 Å². The van der Waals surface area contributed by atoms with Gasteiger partial charge in [0, 0.05) is 18.5 Å². The Morgan fingerprint density at radius 2 is 1.92 bits per heavy atom. The van der Waals surface area contributed by atoms with Crippen molar-refractivity contribution in [1.29, 1.82) is 0 Å². The Balaban J connectivity index is 1.61. The number of aromatic nitrogens is 2. The van der Waals surface area contributed by atoms with Gasteiger partial charge in [-0.1, -0.05) is 32.9 Å². The van der Waals surface area contributed by atoms with E-state index >= 15 is 0 Å². The van der Waals surface area contributed by atoms with Crippen molar-refractivity contribution in [3.05, 3.63) is 30.5 Å². The number of para-hydroxylation sites is 2. The van der Waals surface area contributed by atoms with Gasteiger partial charge in [0.15, 0.2) is 0 Å². The number of piperazine rings is 1. The van der Waals surface area contributed by atoms with Crippen LogP contribution in [0.5, 0.6) is 5.75 Å². The molecule has 1 amide bonds. The second kappa shape index (κ2) is 7.23. The molecule has 0 atom stereocenters. The lowest BCUT2D eigenvalue weighted by Crippen LogP contribution is -2.65. The fraction of sp³-hybridized carbons (Fsp3) is 0.500. The number of ether oxygens (including phenoxy) is 1. The summed E-state index contributed by atoms with van der Waals surface area (Å²) in [6.45, 7) is 8.79. The van der Waals surface area contributed by atoms with Crippen LogP contribution in [0.15, 0.2) is 35.0 Å². The van der Waals surface area contributed by atoms with E-state index in [2.05, 4.69) is 26.6 Å². The van der Waals surface area contributed by atoms with E-state index in [1.165, 1.54) is 0 Å². The van der Waals surface area contributed by atoms with Gasteiger partial charge in [-0.15, -0.1) is 5.01 Å². The number of hydrogen-bond donors (Lipinski definition) is 1. The molecule has 1 aliphatic rings. The van der Waals surface area contributed by atoms with Gasteiger partial charge in [0.2, 0.25) is 11.2 Å². The molecule has 0 spiro atoms. The third-order valence-corrected chi connectivity index (χ3v) is 4.35. The lowest BCUT2D eigenvalue weighted by atomic mass is 9.96. The summed E-state index contributed by atoms with van der Waals surface area (Å²) in [6.07, 6.45) is 1.70. The highest BCUT2D eigenvalue weighted by molar-refractivity contribution is 5.93. The van der Waals surface area contributed by atoms with Crippen LogP contribution in [0.2, 0.25) is 0 Å². The maximum Gasteiger partial charge on any atom is 0.305 e. The second-order valence-corrected chi connectivity index (χ2v) is 7.30. The van der Waals surface area contributed by atoms with Crippen LogP contribution in [0.4, 0.5) is 11.6 Å². The van der Waals surface area contributed by atoms with Crippen molar-refractivity contribution in [2.45, 2.75) is 20.8 Å². The Kier molecular flexibility index (Phi) is 5.01. The lowest BCUT2D eigenvalue weighted by molar-refractivity contribution is -0.758. The summed E-state index contributed by atoms with van der Waals surface area (Å²) in [6, 6.07) is 8.02. The van der Waals surface area contributed by atoms with Gasteiger partial charge in [-0.3, -0.25) is 14.6 Å². The fourth-order valence-corrected chi connectivity index (χ4v) is 2.76. The summed E-state index contributed by atoms with van der Waals surface area (Å²) >= 11 is 0. The zero-order chi connectivity index (χ0) is 18.7. The van der Waals surface area contributed by atoms with E-state index in [1.807, 2.05) is 39.0 Å². The van der Waals surface area contributed by atoms with E-state index < -0.39 is 5.41 Å². The quantitative estimate of drug-likeness (QED) is 0.831. The second-order valence-electron chi connectivity index (χ2n) is 7.30. The molecule has 26 heavy (non-hydrogen) atoms. The van der Waals surface area contributed by atoms with Crippen LogP contribution >= 0.6 is 0 Å². The predicted octanol–water partition coefficient (Wildman–Crippen LogP) is 1.41. The number of rotatable bonds is 4. The zero-order valence-electron chi connectivity index (χ0n) is 15.7. The number of benzene rings is 1. The molecule has 1 saturated heterocycles. The fourth-order valence-electron chi connectivity index (χ4n) is 2.76. The van der Waals surface area contributed by atoms with E-state index in [0.29, 0.717) is 5.88 Å². The highest BCUT2D eigenvalue weighted by Gasteiger charge is 2.29. The first-order chi connectivity index (χ1) is 12.4. The molecule has 1 aliphatic heterocycles. The van der Waals surface area contributed by atoms with Crippen LogP contribution in [-0.2, 0) is 4.79 Å². The average Bonchev–Trinajstić information content (AvgIpc) is 3.09. The van der Waals surface area contributed by atoms with E-state index in [1.54, 1.807) is 18.1 Å². The van der Waals surface area contributed by atoms with Crippen LogP contribution < -0.4 is 24.8 Å². The third kappa shape index (κ3) is 3.89. The van der Waals surface area contributed by atoms with Gasteiger partial charge in [0.05, 0.1) is 30.7 Å². The number of hydrogen-bond acceptors (Lipinski definition) is 6. The Labute approximate surface area is 153 Å². The van der Waals surface area contributed by atoms with Crippen molar-refractivity contribution in [2.24, 2.45) is 5.41 Å². The largest absolute Gasteiger partial charge is 0.495 e. The molecule has 0 bridgehead atoms. The minimum atomic E-state index is -0.488. The number of carbonyl (C=O) groups excluding carboxylic acids is 1. The number of amides is 1. The number of anilines is 2. The first-order valence-electron chi connectivity index (χ1n) is 8.72. The van der Waals surface area contributed by atoms with Crippen LogP contribution in [0.3, 0.4) is 0 Å². The van der Waals surface area contributed by atoms with Gasteiger partial charge in [0.1, 0.15) is 5.75 Å². The lowest BCUT2D eigenvalue weighted by Gasteiger charge is -2.32. The Morgan fingerprint density at radius 3 is 2.58 bits per heavy atom. The topological polar surface area (TPSA) is 74.7 Å². The van der Waals surface area contributed by atoms with Crippen LogP contribution in [0.1, 0.15) is 20.8 Å². The molecule has 140 valence electrons. The molecular formula is C18H26N5O3+. The van der Waals surface area contributed by atoms with Gasteiger partial charge in [-0.2, -0.15) is 0 Å². The van der Waals surface area contributed by atoms with E-state index in [4.69, 9.17) is 9.26 Å². The molecule has 2 heterocycles. The molecule has 1 fully saturated rings. The van der Waals surface area contributed by atoms with Crippen LogP contribution in [-0.4, -0.2) is 44.5 Å². The highest BCUT2D eigenvalue weighted by Crippen LogP contribution is 2.28. The predicted molar refractivity (Wildman–Crippen MR) is 97.9 cm³/mol. The Hall–Kier alpha value is -2.77. The smallest absolute Gasteiger partial charge is 0.305 e. The Morgan fingerprint density at radius 1 is 1.23 bits per heavy atom. The first-order valence-corrected chi connectivity index (χ1v) is 8.72. The van der Waals surface area contributed by atoms with Crippen molar-refractivity contribution in [3.8, 4) is 5.75 Å². The van der Waals surface area contributed by atoms with E-state index in [0.717, 1.165) is 37.6 Å². The van der Waals surface area contributed by atoms with Gasteiger partial charge >= 0.3 is 5.88 Å². The maximum absolute atomic E-state index is 12.0. The summed E-state index contributed by atoms with van der Waals surface area (Å²) in [5.74, 6) is 1.11. The van der Waals surface area contributed by atoms with Gasteiger partial charge in [-0.05, 0) is 12.1 Å². The molecule has 1 N–H and O–H groups in total. The Bertz CT molecular complexity index is 760. The number of carbonyl (C=O) groups is 1. The highest BCUT2D eigenvalue weighted by atomic mass is 16.5. The summed E-state index contributed by atoms with van der Waals surface area (Å²) in [4.78, 5) is 16.0. The molecule has 0 saturated carbocycles. The monoisotopic (exact) mass is 360 g/mol. The molecule has 0 aliphatic carbocycles. The van der Waals surface area contributed by atoms with Gasteiger partial charge < -0.3 is 9.64 Å². The molecule has 3 rings (SSSR count). The maximum atomic E-state index is 12.0. The standard InChI is InChI=1S/C18H25N5O3/c1-18(2,3)17(24)19-16-13-23(20-26-16)22-11-9-21(10-12-22)14-7-5-6-8-15(14)25-4/h5-8,13H,9-12H2,1-4H3/p+1. The van der Waals surface area contributed by atoms with Crippen molar-refractivity contribution >= 4 is 17.5 Å². The summed E-state index contributed by atoms with van der Waals surface area (Å²) < 4.78 is 10.7. The average molecular weight is 360 g/mol. The molecule has 2 aromatic rings. The molecule has 1 aromatic carbocycles. The number of nitrogens with one attached hydrogen (secondary N) is 1. The zero-order valence-corrected chi connectivity index (χ0v) is 15.7. The van der Waals surface area contributed by atoms with Crippen molar-refractivity contribution in [3.63, 3.8) is 0 Å². The molecule has 8 nitrogen and oxygen atoms in total. The SMILES string of the molecule is COc1ccccc1N1CCN([n+]2cc(NC(=O)C(C)(C)C)on2)CC1. The van der Waals surface area contributed by atoms with Crippen molar-refractivity contribution in [1.82, 2.24) is 5.27 Å². The van der Waals surface area contributed by atoms with Crippen LogP contribution in [0.25, 0.3) is 0 Å².